The van der Waals surface area contributed by atoms with Crippen molar-refractivity contribution in [3.63, 3.8) is 0 Å². The Balaban J connectivity index is 2.03. The Morgan fingerprint density at radius 2 is 1.85 bits per heavy atom. The first-order valence-electron chi connectivity index (χ1n) is 8.30. The molecule has 2 aromatic rings. The van der Waals surface area contributed by atoms with E-state index in [4.69, 9.17) is 4.74 Å². The molecule has 2 rings (SSSR count). The Bertz CT molecular complexity index is 812. The summed E-state index contributed by atoms with van der Waals surface area (Å²) in [6.45, 7) is 7.18. The van der Waals surface area contributed by atoms with Crippen LogP contribution in [0.5, 0.6) is 5.75 Å². The summed E-state index contributed by atoms with van der Waals surface area (Å²) in [7, 11) is 0. The molecular formula is C20H22F2N2O2. The third kappa shape index (κ3) is 4.88. The Labute approximate surface area is 151 Å². The van der Waals surface area contributed by atoms with Gasteiger partial charge in [-0.2, -0.15) is 5.10 Å². The van der Waals surface area contributed by atoms with E-state index in [0.717, 1.165) is 23.3 Å². The maximum Gasteiger partial charge on any atom is 0.277 e. The molecule has 0 radical (unpaired) electrons. The van der Waals surface area contributed by atoms with Gasteiger partial charge in [-0.15, -0.1) is 0 Å². The number of carbonyl (C=O) groups is 1. The van der Waals surface area contributed by atoms with E-state index in [2.05, 4.69) is 10.5 Å². The quantitative estimate of drug-likeness (QED) is 0.616. The average molecular weight is 360 g/mol. The van der Waals surface area contributed by atoms with Gasteiger partial charge < -0.3 is 4.74 Å². The SMILES string of the molecule is C/C(=N/NC(=O)COc1cc(C)ccc1C(C)C)c1c(F)cccc1F. The van der Waals surface area contributed by atoms with Crippen LogP contribution in [0.15, 0.2) is 41.5 Å². The number of ether oxygens (including phenoxy) is 1. The zero-order valence-electron chi connectivity index (χ0n) is 15.3. The highest BCUT2D eigenvalue weighted by atomic mass is 19.1. The van der Waals surface area contributed by atoms with Crippen molar-refractivity contribution < 1.29 is 18.3 Å². The molecule has 0 aromatic heterocycles. The summed E-state index contributed by atoms with van der Waals surface area (Å²) >= 11 is 0. The van der Waals surface area contributed by atoms with E-state index in [0.29, 0.717) is 5.75 Å². The van der Waals surface area contributed by atoms with Crippen molar-refractivity contribution in [2.24, 2.45) is 5.10 Å². The highest BCUT2D eigenvalue weighted by Gasteiger charge is 2.13. The van der Waals surface area contributed by atoms with Gasteiger partial charge in [0.1, 0.15) is 17.4 Å². The van der Waals surface area contributed by atoms with Crippen molar-refractivity contribution in [3.8, 4) is 5.75 Å². The third-order valence-corrected chi connectivity index (χ3v) is 3.82. The number of hydrazone groups is 1. The molecule has 0 bridgehead atoms. The number of aryl methyl sites for hydroxylation is 1. The van der Waals surface area contributed by atoms with Gasteiger partial charge in [0, 0.05) is 0 Å². The van der Waals surface area contributed by atoms with Gasteiger partial charge in [0.25, 0.3) is 5.91 Å². The number of carbonyl (C=O) groups excluding carboxylic acids is 1. The van der Waals surface area contributed by atoms with Crippen LogP contribution in [0.25, 0.3) is 0 Å². The molecule has 1 amide bonds. The number of amides is 1. The topological polar surface area (TPSA) is 50.7 Å². The summed E-state index contributed by atoms with van der Waals surface area (Å²) in [5, 5.41) is 3.76. The van der Waals surface area contributed by atoms with Crippen LogP contribution >= 0.6 is 0 Å². The van der Waals surface area contributed by atoms with Crippen LogP contribution in [-0.2, 0) is 4.79 Å². The number of hydrogen-bond donors (Lipinski definition) is 1. The van der Waals surface area contributed by atoms with Crippen LogP contribution in [0.1, 0.15) is 43.4 Å². The van der Waals surface area contributed by atoms with Crippen molar-refractivity contribution in [3.05, 3.63) is 64.7 Å². The molecule has 0 unspecified atom stereocenters. The summed E-state index contributed by atoms with van der Waals surface area (Å²) in [5.74, 6) is -1.11. The number of rotatable bonds is 6. The fraction of sp³-hybridized carbons (Fsp3) is 0.300. The Hall–Kier alpha value is -2.76. The lowest BCUT2D eigenvalue weighted by atomic mass is 10.0. The highest BCUT2D eigenvalue weighted by molar-refractivity contribution is 5.99. The van der Waals surface area contributed by atoms with Gasteiger partial charge in [-0.25, -0.2) is 14.2 Å². The summed E-state index contributed by atoms with van der Waals surface area (Å²) in [4.78, 5) is 12.0. The average Bonchev–Trinajstić information content (AvgIpc) is 2.57. The fourth-order valence-corrected chi connectivity index (χ4v) is 2.46. The van der Waals surface area contributed by atoms with E-state index in [9.17, 15) is 13.6 Å². The predicted octanol–water partition coefficient (Wildman–Crippen LogP) is 4.32. The Morgan fingerprint density at radius 1 is 1.19 bits per heavy atom. The largest absolute Gasteiger partial charge is 0.483 e. The molecule has 0 aliphatic heterocycles. The first-order chi connectivity index (χ1) is 12.3. The second-order valence-corrected chi connectivity index (χ2v) is 6.31. The second kappa shape index (κ2) is 8.56. The number of nitrogens with zero attached hydrogens (tertiary/aromatic N) is 1. The normalized spacial score (nSPS) is 11.6. The van der Waals surface area contributed by atoms with Crippen molar-refractivity contribution in [1.29, 1.82) is 0 Å². The monoisotopic (exact) mass is 360 g/mol. The molecule has 1 N–H and O–H groups in total. The van der Waals surface area contributed by atoms with E-state index < -0.39 is 17.5 Å². The molecule has 26 heavy (non-hydrogen) atoms. The standard InChI is InChI=1S/C20H22F2N2O2/c1-12(2)15-9-8-13(3)10-18(15)26-11-19(25)24-23-14(4)20-16(21)6-5-7-17(20)22/h5-10,12H,11H2,1-4H3,(H,24,25)/b23-14-. The van der Waals surface area contributed by atoms with Crippen LogP contribution in [0, 0.1) is 18.6 Å². The Kier molecular flexibility index (Phi) is 6.44. The van der Waals surface area contributed by atoms with E-state index >= 15 is 0 Å². The van der Waals surface area contributed by atoms with Gasteiger partial charge in [-0.3, -0.25) is 4.79 Å². The lowest BCUT2D eigenvalue weighted by Crippen LogP contribution is -2.26. The van der Waals surface area contributed by atoms with Crippen LogP contribution in [0.4, 0.5) is 8.78 Å². The Morgan fingerprint density at radius 3 is 2.46 bits per heavy atom. The molecule has 0 spiro atoms. The smallest absolute Gasteiger partial charge is 0.277 e. The fourth-order valence-electron chi connectivity index (χ4n) is 2.46. The van der Waals surface area contributed by atoms with Gasteiger partial charge in [-0.1, -0.05) is 32.0 Å². The van der Waals surface area contributed by atoms with Gasteiger partial charge in [0.15, 0.2) is 6.61 Å². The lowest BCUT2D eigenvalue weighted by molar-refractivity contribution is -0.123. The van der Waals surface area contributed by atoms with Crippen molar-refractivity contribution in [1.82, 2.24) is 5.43 Å². The highest BCUT2D eigenvalue weighted by Crippen LogP contribution is 2.27. The molecule has 0 atom stereocenters. The molecule has 0 saturated heterocycles. The molecular weight excluding hydrogens is 338 g/mol. The summed E-state index contributed by atoms with van der Waals surface area (Å²) < 4.78 is 33.0. The summed E-state index contributed by atoms with van der Waals surface area (Å²) in [5.41, 5.74) is 4.04. The molecule has 6 heteroatoms. The molecule has 0 heterocycles. The van der Waals surface area contributed by atoms with Crippen LogP contribution in [-0.4, -0.2) is 18.2 Å². The number of nitrogens with one attached hydrogen (secondary N) is 1. The van der Waals surface area contributed by atoms with Crippen molar-refractivity contribution in [2.75, 3.05) is 6.61 Å². The molecule has 2 aromatic carbocycles. The van der Waals surface area contributed by atoms with Crippen molar-refractivity contribution >= 4 is 11.6 Å². The summed E-state index contributed by atoms with van der Waals surface area (Å²) in [6, 6.07) is 9.35. The van der Waals surface area contributed by atoms with Gasteiger partial charge in [0.2, 0.25) is 0 Å². The van der Waals surface area contributed by atoms with Gasteiger partial charge in [0.05, 0.1) is 11.3 Å². The molecule has 138 valence electrons. The lowest BCUT2D eigenvalue weighted by Gasteiger charge is -2.14. The van der Waals surface area contributed by atoms with E-state index in [-0.39, 0.29) is 23.8 Å². The summed E-state index contributed by atoms with van der Waals surface area (Å²) in [6.07, 6.45) is 0. The molecule has 0 saturated carbocycles. The first kappa shape index (κ1) is 19.6. The number of halogens is 2. The minimum atomic E-state index is -0.738. The van der Waals surface area contributed by atoms with Gasteiger partial charge >= 0.3 is 0 Å². The maximum atomic E-state index is 13.7. The molecule has 0 aliphatic rings. The first-order valence-corrected chi connectivity index (χ1v) is 8.30. The van der Waals surface area contributed by atoms with Crippen molar-refractivity contribution in [2.45, 2.75) is 33.6 Å². The predicted molar refractivity (Wildman–Crippen MR) is 97.5 cm³/mol. The van der Waals surface area contributed by atoms with Crippen LogP contribution < -0.4 is 10.2 Å². The van der Waals surface area contributed by atoms with Crippen LogP contribution in [0.3, 0.4) is 0 Å². The minimum absolute atomic E-state index is 0.0346. The van der Waals surface area contributed by atoms with Crippen LogP contribution in [0.2, 0.25) is 0 Å². The third-order valence-electron chi connectivity index (χ3n) is 3.82. The van der Waals surface area contributed by atoms with E-state index in [1.54, 1.807) is 0 Å². The maximum absolute atomic E-state index is 13.7. The van der Waals surface area contributed by atoms with E-state index in [1.165, 1.54) is 13.0 Å². The molecule has 4 nitrogen and oxygen atoms in total. The van der Waals surface area contributed by atoms with E-state index in [1.807, 2.05) is 39.0 Å². The zero-order valence-corrected chi connectivity index (χ0v) is 15.3. The number of hydrogen-bond acceptors (Lipinski definition) is 3. The number of benzene rings is 2. The minimum Gasteiger partial charge on any atom is -0.483 e. The molecule has 0 aliphatic carbocycles. The van der Waals surface area contributed by atoms with Gasteiger partial charge in [-0.05, 0) is 49.1 Å². The zero-order chi connectivity index (χ0) is 19.3. The molecule has 0 fully saturated rings. The second-order valence-electron chi connectivity index (χ2n) is 6.31.